The topological polar surface area (TPSA) is 68.6 Å². The van der Waals surface area contributed by atoms with Crippen molar-refractivity contribution < 1.29 is 19.0 Å². The molecule has 0 N–H and O–H groups in total. The van der Waals surface area contributed by atoms with Gasteiger partial charge in [0.25, 0.3) is 0 Å². The fourth-order valence-electron chi connectivity index (χ4n) is 1.24. The van der Waals surface area contributed by atoms with Crippen molar-refractivity contribution in [1.82, 2.24) is 0 Å². The second-order valence-electron chi connectivity index (χ2n) is 3.55. The van der Waals surface area contributed by atoms with Crippen LogP contribution in [-0.4, -0.2) is 31.6 Å². The minimum atomic E-state index is -0.669. The molecule has 15 heavy (non-hydrogen) atoms. The maximum absolute atomic E-state index is 11.1. The van der Waals surface area contributed by atoms with Crippen molar-refractivity contribution in [2.45, 2.75) is 25.7 Å². The first kappa shape index (κ1) is 11.7. The molecule has 1 fully saturated rings. The normalized spacial score (nSPS) is 24.7. The minimum Gasteiger partial charge on any atom is -0.465 e. The molecule has 1 heterocycles. The van der Waals surface area contributed by atoms with Gasteiger partial charge in [0.05, 0.1) is 13.7 Å². The molecular formula is C10H13NO4. The van der Waals surface area contributed by atoms with Gasteiger partial charge in [-0.05, 0) is 19.9 Å². The molecule has 1 aliphatic rings. The fourth-order valence-corrected chi connectivity index (χ4v) is 1.24. The van der Waals surface area contributed by atoms with E-state index in [9.17, 15) is 4.79 Å². The highest BCUT2D eigenvalue weighted by Crippen LogP contribution is 2.23. The summed E-state index contributed by atoms with van der Waals surface area (Å²) in [6.07, 6.45) is 1.04. The molecule has 0 radical (unpaired) electrons. The van der Waals surface area contributed by atoms with Gasteiger partial charge in [0.2, 0.25) is 0 Å². The number of nitriles is 1. The first-order valence-corrected chi connectivity index (χ1v) is 4.50. The van der Waals surface area contributed by atoms with Crippen LogP contribution in [0.2, 0.25) is 0 Å². The SMILES string of the molecule is COC(=O)/C(C#N)=C/[C@H]1COC(C)(C)O1. The van der Waals surface area contributed by atoms with Gasteiger partial charge in [-0.2, -0.15) is 5.26 Å². The highest BCUT2D eigenvalue weighted by molar-refractivity contribution is 5.92. The van der Waals surface area contributed by atoms with Crippen LogP contribution in [-0.2, 0) is 19.0 Å². The van der Waals surface area contributed by atoms with Crippen molar-refractivity contribution in [1.29, 1.82) is 5.26 Å². The fraction of sp³-hybridized carbons (Fsp3) is 0.600. The predicted octanol–water partition coefficient (Wildman–Crippen LogP) is 0.761. The molecule has 0 aromatic heterocycles. The quantitative estimate of drug-likeness (QED) is 0.383. The van der Waals surface area contributed by atoms with Crippen LogP contribution in [0.5, 0.6) is 0 Å². The zero-order valence-electron chi connectivity index (χ0n) is 8.94. The van der Waals surface area contributed by atoms with Crippen molar-refractivity contribution in [2.75, 3.05) is 13.7 Å². The van der Waals surface area contributed by atoms with Crippen LogP contribution in [0.25, 0.3) is 0 Å². The lowest BCUT2D eigenvalue weighted by Gasteiger charge is -2.15. The zero-order valence-corrected chi connectivity index (χ0v) is 8.94. The van der Waals surface area contributed by atoms with E-state index >= 15 is 0 Å². The van der Waals surface area contributed by atoms with Crippen LogP contribution in [0.1, 0.15) is 13.8 Å². The second kappa shape index (κ2) is 4.43. The average molecular weight is 211 g/mol. The molecule has 1 aliphatic heterocycles. The van der Waals surface area contributed by atoms with E-state index in [1.54, 1.807) is 19.9 Å². The molecule has 5 heteroatoms. The van der Waals surface area contributed by atoms with E-state index in [1.165, 1.54) is 13.2 Å². The summed E-state index contributed by atoms with van der Waals surface area (Å²) in [5.74, 6) is -1.33. The summed E-state index contributed by atoms with van der Waals surface area (Å²) in [6, 6.07) is 1.76. The highest BCUT2D eigenvalue weighted by Gasteiger charge is 2.32. The van der Waals surface area contributed by atoms with Gasteiger partial charge in [-0.15, -0.1) is 0 Å². The summed E-state index contributed by atoms with van der Waals surface area (Å²) in [5, 5.41) is 8.70. The molecule has 0 amide bonds. The van der Waals surface area contributed by atoms with E-state index in [2.05, 4.69) is 4.74 Å². The molecular weight excluding hydrogens is 198 g/mol. The number of nitrogens with zero attached hydrogens (tertiary/aromatic N) is 1. The first-order valence-electron chi connectivity index (χ1n) is 4.50. The third kappa shape index (κ3) is 3.05. The third-order valence-electron chi connectivity index (χ3n) is 1.91. The van der Waals surface area contributed by atoms with E-state index in [4.69, 9.17) is 14.7 Å². The molecule has 0 spiro atoms. The Labute approximate surface area is 88.2 Å². The van der Waals surface area contributed by atoms with Crippen molar-refractivity contribution in [3.05, 3.63) is 11.6 Å². The molecule has 0 bridgehead atoms. The monoisotopic (exact) mass is 211 g/mol. The lowest BCUT2D eigenvalue weighted by molar-refractivity contribution is -0.137. The van der Waals surface area contributed by atoms with Gasteiger partial charge < -0.3 is 14.2 Å². The smallest absolute Gasteiger partial charge is 0.348 e. The zero-order chi connectivity index (χ0) is 11.5. The van der Waals surface area contributed by atoms with Gasteiger partial charge in [0, 0.05) is 0 Å². The maximum atomic E-state index is 11.1. The summed E-state index contributed by atoms with van der Waals surface area (Å²) in [7, 11) is 1.23. The van der Waals surface area contributed by atoms with E-state index < -0.39 is 11.8 Å². The Balaban J connectivity index is 2.71. The van der Waals surface area contributed by atoms with Crippen molar-refractivity contribution >= 4 is 5.97 Å². The van der Waals surface area contributed by atoms with Crippen LogP contribution in [0.4, 0.5) is 0 Å². The van der Waals surface area contributed by atoms with Gasteiger partial charge in [-0.1, -0.05) is 0 Å². The summed E-state index contributed by atoms with van der Waals surface area (Å²) < 4.78 is 15.1. The number of rotatable bonds is 2. The molecule has 1 rings (SSSR count). The second-order valence-corrected chi connectivity index (χ2v) is 3.55. The molecule has 0 unspecified atom stereocenters. The summed E-state index contributed by atoms with van der Waals surface area (Å²) in [4.78, 5) is 11.1. The van der Waals surface area contributed by atoms with Gasteiger partial charge in [-0.3, -0.25) is 0 Å². The Bertz CT molecular complexity index is 327. The lowest BCUT2D eigenvalue weighted by Crippen LogP contribution is -2.21. The van der Waals surface area contributed by atoms with Crippen molar-refractivity contribution in [3.63, 3.8) is 0 Å². The molecule has 1 saturated heterocycles. The minimum absolute atomic E-state index is 0.0659. The van der Waals surface area contributed by atoms with Gasteiger partial charge in [0.1, 0.15) is 17.7 Å². The third-order valence-corrected chi connectivity index (χ3v) is 1.91. The lowest BCUT2D eigenvalue weighted by atomic mass is 10.2. The first-order chi connectivity index (χ1) is 6.98. The molecule has 0 aromatic carbocycles. The van der Waals surface area contributed by atoms with Crippen LogP contribution in [0.15, 0.2) is 11.6 Å². The van der Waals surface area contributed by atoms with E-state index in [0.29, 0.717) is 6.61 Å². The van der Waals surface area contributed by atoms with E-state index in [-0.39, 0.29) is 11.7 Å². The van der Waals surface area contributed by atoms with Gasteiger partial charge in [-0.25, -0.2) is 4.79 Å². The Hall–Kier alpha value is -1.38. The Morgan fingerprint density at radius 3 is 2.73 bits per heavy atom. The number of methoxy groups -OCH3 is 1. The van der Waals surface area contributed by atoms with Crippen LogP contribution >= 0.6 is 0 Å². The standard InChI is InChI=1S/C10H13NO4/c1-10(2)14-6-8(15-10)4-7(5-11)9(12)13-3/h4,8H,6H2,1-3H3/b7-4+/t8-/m0/s1. The molecule has 1 atom stereocenters. The molecule has 0 aromatic rings. The number of hydrogen-bond donors (Lipinski definition) is 0. The van der Waals surface area contributed by atoms with E-state index in [1.807, 2.05) is 0 Å². The van der Waals surface area contributed by atoms with Gasteiger partial charge >= 0.3 is 5.97 Å². The number of ether oxygens (including phenoxy) is 3. The summed E-state index contributed by atoms with van der Waals surface area (Å²) >= 11 is 0. The van der Waals surface area contributed by atoms with Crippen LogP contribution in [0, 0.1) is 11.3 Å². The highest BCUT2D eigenvalue weighted by atomic mass is 16.7. The predicted molar refractivity (Wildman–Crippen MR) is 50.6 cm³/mol. The average Bonchev–Trinajstić information content (AvgIpc) is 2.53. The number of esters is 1. The van der Waals surface area contributed by atoms with Gasteiger partial charge in [0.15, 0.2) is 5.79 Å². The Morgan fingerprint density at radius 1 is 1.67 bits per heavy atom. The Kier molecular flexibility index (Phi) is 3.45. The molecule has 82 valence electrons. The van der Waals surface area contributed by atoms with E-state index in [0.717, 1.165) is 0 Å². The molecule has 5 nitrogen and oxygen atoms in total. The number of hydrogen-bond acceptors (Lipinski definition) is 5. The van der Waals surface area contributed by atoms with Crippen molar-refractivity contribution in [2.24, 2.45) is 0 Å². The largest absolute Gasteiger partial charge is 0.465 e. The number of carbonyl (C=O) groups excluding carboxylic acids is 1. The summed E-state index contributed by atoms with van der Waals surface area (Å²) in [5.41, 5.74) is -0.0659. The van der Waals surface area contributed by atoms with Crippen LogP contribution in [0.3, 0.4) is 0 Å². The Morgan fingerprint density at radius 2 is 2.33 bits per heavy atom. The van der Waals surface area contributed by atoms with Crippen LogP contribution < -0.4 is 0 Å². The number of carbonyl (C=O) groups is 1. The summed E-state index contributed by atoms with van der Waals surface area (Å²) in [6.45, 7) is 3.87. The molecule has 0 aliphatic carbocycles. The maximum Gasteiger partial charge on any atom is 0.348 e. The molecule has 0 saturated carbocycles. The van der Waals surface area contributed by atoms with Crippen molar-refractivity contribution in [3.8, 4) is 6.07 Å².